The van der Waals surface area contributed by atoms with Crippen molar-refractivity contribution in [1.82, 2.24) is 4.98 Å². The van der Waals surface area contributed by atoms with E-state index < -0.39 is 18.1 Å². The van der Waals surface area contributed by atoms with Crippen molar-refractivity contribution in [3.63, 3.8) is 0 Å². The summed E-state index contributed by atoms with van der Waals surface area (Å²) in [6, 6.07) is 0.808. The fourth-order valence-electron chi connectivity index (χ4n) is 1.12. The molecule has 13 heavy (non-hydrogen) atoms. The van der Waals surface area contributed by atoms with Gasteiger partial charge in [-0.15, -0.1) is 0 Å². The maximum Gasteiger partial charge on any atom is 0.304 e. The number of hydrogen-bond donors (Lipinski definition) is 4. The normalized spacial score (nSPS) is 15.2. The van der Waals surface area contributed by atoms with Gasteiger partial charge < -0.3 is 21.6 Å². The zero-order chi connectivity index (χ0) is 9.84. The molecule has 5 nitrogen and oxygen atoms in total. The molecule has 0 aliphatic carbocycles. The molecule has 0 saturated heterocycles. The summed E-state index contributed by atoms with van der Waals surface area (Å²) >= 11 is 0. The number of aromatic nitrogens is 1. The van der Waals surface area contributed by atoms with Crippen LogP contribution in [-0.2, 0) is 4.79 Å². The standard InChI is InChI=1S/C8H13N3O2/c9-6(3-7(12)13)8(10)5-1-2-11-4-5/h1-2,4,6,8,11H,3,9-10H2,(H,12,13). The zero-order valence-corrected chi connectivity index (χ0v) is 7.10. The Balaban J connectivity index is 2.57. The summed E-state index contributed by atoms with van der Waals surface area (Å²) in [7, 11) is 0. The predicted molar refractivity (Wildman–Crippen MR) is 47.9 cm³/mol. The molecule has 1 aromatic heterocycles. The molecule has 0 aliphatic rings. The molecule has 1 heterocycles. The van der Waals surface area contributed by atoms with Crippen LogP contribution in [-0.4, -0.2) is 22.1 Å². The molecule has 0 aromatic carbocycles. The molecule has 0 aliphatic heterocycles. The van der Waals surface area contributed by atoms with Crippen molar-refractivity contribution in [2.24, 2.45) is 11.5 Å². The molecule has 5 heteroatoms. The third kappa shape index (κ3) is 2.57. The van der Waals surface area contributed by atoms with Crippen molar-refractivity contribution in [3.8, 4) is 0 Å². The minimum atomic E-state index is -0.932. The van der Waals surface area contributed by atoms with E-state index in [9.17, 15) is 4.79 Å². The Morgan fingerprint density at radius 2 is 2.31 bits per heavy atom. The van der Waals surface area contributed by atoms with Gasteiger partial charge in [0.15, 0.2) is 0 Å². The first-order valence-corrected chi connectivity index (χ1v) is 3.97. The second-order valence-corrected chi connectivity index (χ2v) is 2.93. The van der Waals surface area contributed by atoms with E-state index >= 15 is 0 Å². The largest absolute Gasteiger partial charge is 0.481 e. The molecule has 0 spiro atoms. The van der Waals surface area contributed by atoms with E-state index in [0.29, 0.717) is 0 Å². The van der Waals surface area contributed by atoms with E-state index in [1.54, 1.807) is 18.5 Å². The van der Waals surface area contributed by atoms with Gasteiger partial charge in [-0.05, 0) is 11.6 Å². The Bertz CT molecular complexity index is 271. The maximum absolute atomic E-state index is 10.3. The first-order valence-electron chi connectivity index (χ1n) is 3.97. The van der Waals surface area contributed by atoms with Crippen LogP contribution in [0.3, 0.4) is 0 Å². The van der Waals surface area contributed by atoms with E-state index in [2.05, 4.69) is 4.98 Å². The number of H-pyrrole nitrogens is 1. The highest BCUT2D eigenvalue weighted by atomic mass is 16.4. The maximum atomic E-state index is 10.3. The molecular formula is C8H13N3O2. The fourth-order valence-corrected chi connectivity index (χ4v) is 1.12. The summed E-state index contributed by atoms with van der Waals surface area (Å²) in [5.41, 5.74) is 12.1. The third-order valence-corrected chi connectivity index (χ3v) is 1.88. The number of nitrogens with two attached hydrogens (primary N) is 2. The first-order chi connectivity index (χ1) is 6.11. The summed E-state index contributed by atoms with van der Waals surface area (Å²) < 4.78 is 0. The highest BCUT2D eigenvalue weighted by Crippen LogP contribution is 2.13. The van der Waals surface area contributed by atoms with Crippen LogP contribution in [0.2, 0.25) is 0 Å². The number of hydrogen-bond acceptors (Lipinski definition) is 3. The van der Waals surface area contributed by atoms with Gasteiger partial charge >= 0.3 is 5.97 Å². The molecule has 0 saturated carbocycles. The molecular weight excluding hydrogens is 170 g/mol. The van der Waals surface area contributed by atoms with Gasteiger partial charge in [0.1, 0.15) is 0 Å². The Morgan fingerprint density at radius 3 is 2.77 bits per heavy atom. The van der Waals surface area contributed by atoms with Gasteiger partial charge in [-0.25, -0.2) is 0 Å². The van der Waals surface area contributed by atoms with Crippen LogP contribution >= 0.6 is 0 Å². The molecule has 1 aromatic rings. The summed E-state index contributed by atoms with van der Waals surface area (Å²) in [4.78, 5) is 13.2. The minimum absolute atomic E-state index is 0.119. The molecule has 72 valence electrons. The van der Waals surface area contributed by atoms with E-state index in [1.807, 2.05) is 0 Å². The number of aromatic amines is 1. The van der Waals surface area contributed by atoms with Gasteiger partial charge in [0.25, 0.3) is 0 Å². The monoisotopic (exact) mass is 183 g/mol. The van der Waals surface area contributed by atoms with E-state index in [0.717, 1.165) is 5.56 Å². The molecule has 2 atom stereocenters. The Kier molecular flexibility index (Phi) is 3.05. The second-order valence-electron chi connectivity index (χ2n) is 2.93. The molecule has 0 bridgehead atoms. The zero-order valence-electron chi connectivity index (χ0n) is 7.10. The van der Waals surface area contributed by atoms with Crippen LogP contribution in [0.1, 0.15) is 18.0 Å². The summed E-state index contributed by atoms with van der Waals surface area (Å²) in [6.07, 6.45) is 3.32. The van der Waals surface area contributed by atoms with Gasteiger partial charge in [-0.1, -0.05) is 0 Å². The van der Waals surface area contributed by atoms with E-state index in [4.69, 9.17) is 16.6 Å². The van der Waals surface area contributed by atoms with E-state index in [1.165, 1.54) is 0 Å². The van der Waals surface area contributed by atoms with Crippen molar-refractivity contribution in [2.45, 2.75) is 18.5 Å². The Labute approximate surface area is 75.7 Å². The van der Waals surface area contributed by atoms with Gasteiger partial charge in [-0.2, -0.15) is 0 Å². The average molecular weight is 183 g/mol. The van der Waals surface area contributed by atoms with Crippen LogP contribution in [0.4, 0.5) is 0 Å². The molecule has 2 unspecified atom stereocenters. The van der Waals surface area contributed by atoms with E-state index in [-0.39, 0.29) is 6.42 Å². The van der Waals surface area contributed by atoms with Gasteiger partial charge in [0, 0.05) is 24.5 Å². The SMILES string of the molecule is NC(CC(=O)O)C(N)c1cc[nH]c1. The van der Waals surface area contributed by atoms with Crippen molar-refractivity contribution in [3.05, 3.63) is 24.0 Å². The molecule has 6 N–H and O–H groups in total. The smallest absolute Gasteiger partial charge is 0.304 e. The predicted octanol–water partition coefficient (Wildman–Crippen LogP) is -0.184. The summed E-state index contributed by atoms with van der Waals surface area (Å²) in [6.45, 7) is 0. The highest BCUT2D eigenvalue weighted by molar-refractivity contribution is 5.67. The lowest BCUT2D eigenvalue weighted by molar-refractivity contribution is -0.137. The lowest BCUT2D eigenvalue weighted by Gasteiger charge is -2.16. The fraction of sp³-hybridized carbons (Fsp3) is 0.375. The third-order valence-electron chi connectivity index (χ3n) is 1.88. The quantitative estimate of drug-likeness (QED) is 0.519. The number of rotatable bonds is 4. The molecule has 0 amide bonds. The Morgan fingerprint density at radius 1 is 1.62 bits per heavy atom. The van der Waals surface area contributed by atoms with Crippen LogP contribution in [0.5, 0.6) is 0 Å². The van der Waals surface area contributed by atoms with Crippen molar-refractivity contribution < 1.29 is 9.90 Å². The molecule has 0 fully saturated rings. The van der Waals surface area contributed by atoms with Crippen molar-refractivity contribution in [2.75, 3.05) is 0 Å². The first kappa shape index (κ1) is 9.76. The van der Waals surface area contributed by atoms with Crippen LogP contribution in [0.15, 0.2) is 18.5 Å². The number of aliphatic carboxylic acids is 1. The summed E-state index contributed by atoms with van der Waals surface area (Å²) in [5.74, 6) is -0.932. The van der Waals surface area contributed by atoms with Crippen LogP contribution in [0.25, 0.3) is 0 Å². The minimum Gasteiger partial charge on any atom is -0.481 e. The topological polar surface area (TPSA) is 105 Å². The van der Waals surface area contributed by atoms with Crippen LogP contribution in [0, 0.1) is 0 Å². The number of carbonyl (C=O) groups is 1. The van der Waals surface area contributed by atoms with Crippen molar-refractivity contribution in [1.29, 1.82) is 0 Å². The molecule has 1 rings (SSSR count). The number of carboxylic acids is 1. The second kappa shape index (κ2) is 4.06. The van der Waals surface area contributed by atoms with Gasteiger partial charge in [0.05, 0.1) is 6.42 Å². The lowest BCUT2D eigenvalue weighted by atomic mass is 10.0. The number of nitrogens with one attached hydrogen (secondary N) is 1. The number of carboxylic acid groups (broad SMARTS) is 1. The van der Waals surface area contributed by atoms with Crippen LogP contribution < -0.4 is 11.5 Å². The van der Waals surface area contributed by atoms with Gasteiger partial charge in [0.2, 0.25) is 0 Å². The average Bonchev–Trinajstić information content (AvgIpc) is 2.53. The highest BCUT2D eigenvalue weighted by Gasteiger charge is 2.18. The Hall–Kier alpha value is -1.33. The van der Waals surface area contributed by atoms with Crippen molar-refractivity contribution >= 4 is 5.97 Å². The lowest BCUT2D eigenvalue weighted by Crippen LogP contribution is -2.35. The molecule has 0 radical (unpaired) electrons. The summed E-state index contributed by atoms with van der Waals surface area (Å²) in [5, 5.41) is 8.49. The van der Waals surface area contributed by atoms with Gasteiger partial charge in [-0.3, -0.25) is 4.79 Å².